The minimum absolute atomic E-state index is 0. The molecule has 2 rings (SSSR count). The Morgan fingerprint density at radius 3 is 2.52 bits per heavy atom. The van der Waals surface area contributed by atoms with Crippen molar-refractivity contribution >= 4 is 40.0 Å². The van der Waals surface area contributed by atoms with Crippen LogP contribution < -0.4 is 15.4 Å². The number of nitrogens with one attached hydrogen (secondary N) is 2. The standard InChI is InChI=1S/C19H27F3N4O3S.HI/c1-3-12-29-17-7-5-4-6-16(17)14-25-18(23-2)24-13-15-8-10-26(11-9-15)30(27,28)19(20,21)22;/h3-7,15H,1,8-14H2,2H3,(H2,23,24,25);1H. The van der Waals surface area contributed by atoms with Crippen LogP contribution in [0.1, 0.15) is 18.4 Å². The van der Waals surface area contributed by atoms with Gasteiger partial charge in [0.25, 0.3) is 0 Å². The van der Waals surface area contributed by atoms with Crippen molar-refractivity contribution in [3.63, 3.8) is 0 Å². The highest BCUT2D eigenvalue weighted by Crippen LogP contribution is 2.30. The number of halogens is 4. The van der Waals surface area contributed by atoms with Crippen LogP contribution in [0.3, 0.4) is 0 Å². The number of ether oxygens (including phenoxy) is 1. The molecule has 12 heteroatoms. The number of hydrogen-bond acceptors (Lipinski definition) is 4. The molecule has 0 aliphatic carbocycles. The minimum atomic E-state index is -5.25. The maximum absolute atomic E-state index is 12.7. The second-order valence-electron chi connectivity index (χ2n) is 6.81. The van der Waals surface area contributed by atoms with E-state index in [0.717, 1.165) is 11.3 Å². The number of para-hydroxylation sites is 1. The predicted molar refractivity (Wildman–Crippen MR) is 125 cm³/mol. The molecule has 1 aromatic carbocycles. The molecule has 1 aliphatic rings. The molecular formula is C19H28F3IN4O3S. The maximum atomic E-state index is 12.7. The van der Waals surface area contributed by atoms with E-state index in [9.17, 15) is 21.6 Å². The number of nitrogens with zero attached hydrogens (tertiary/aromatic N) is 2. The van der Waals surface area contributed by atoms with Gasteiger partial charge in [-0.2, -0.15) is 17.5 Å². The lowest BCUT2D eigenvalue weighted by molar-refractivity contribution is -0.0496. The van der Waals surface area contributed by atoms with Crippen LogP contribution in [0.25, 0.3) is 0 Å². The Kier molecular flexibility index (Phi) is 11.1. The largest absolute Gasteiger partial charge is 0.511 e. The molecule has 31 heavy (non-hydrogen) atoms. The van der Waals surface area contributed by atoms with Crippen molar-refractivity contribution in [1.29, 1.82) is 0 Å². The molecule has 0 saturated carbocycles. The highest BCUT2D eigenvalue weighted by atomic mass is 127. The van der Waals surface area contributed by atoms with Crippen LogP contribution in [0.4, 0.5) is 13.2 Å². The summed E-state index contributed by atoms with van der Waals surface area (Å²) in [5.74, 6) is 1.32. The summed E-state index contributed by atoms with van der Waals surface area (Å²) in [6.07, 6.45) is 2.35. The first-order chi connectivity index (χ1) is 14.2. The second-order valence-corrected chi connectivity index (χ2v) is 8.74. The second kappa shape index (κ2) is 12.5. The van der Waals surface area contributed by atoms with Crippen LogP contribution in [0.5, 0.6) is 5.75 Å². The summed E-state index contributed by atoms with van der Waals surface area (Å²) in [7, 11) is -3.63. The van der Waals surface area contributed by atoms with Gasteiger partial charge in [0.15, 0.2) is 5.96 Å². The van der Waals surface area contributed by atoms with Crippen LogP contribution in [-0.2, 0) is 16.6 Å². The monoisotopic (exact) mass is 576 g/mol. The third-order valence-electron chi connectivity index (χ3n) is 4.76. The van der Waals surface area contributed by atoms with Crippen LogP contribution in [-0.4, -0.2) is 57.5 Å². The maximum Gasteiger partial charge on any atom is 0.511 e. The Bertz CT molecular complexity index is 842. The molecule has 0 atom stereocenters. The summed E-state index contributed by atoms with van der Waals surface area (Å²) >= 11 is 0. The van der Waals surface area contributed by atoms with Crippen molar-refractivity contribution in [3.8, 4) is 5.75 Å². The van der Waals surface area contributed by atoms with Crippen molar-refractivity contribution in [1.82, 2.24) is 14.9 Å². The van der Waals surface area contributed by atoms with Gasteiger partial charge in [0.05, 0.1) is 0 Å². The highest BCUT2D eigenvalue weighted by Gasteiger charge is 2.50. The molecule has 1 heterocycles. The quantitative estimate of drug-likeness (QED) is 0.215. The summed E-state index contributed by atoms with van der Waals surface area (Å²) in [4.78, 5) is 4.15. The van der Waals surface area contributed by atoms with Crippen LogP contribution >= 0.6 is 24.0 Å². The summed E-state index contributed by atoms with van der Waals surface area (Å²) in [5.41, 5.74) is -4.32. The number of aliphatic imine (C=N–C) groups is 1. The Balaban J connectivity index is 0.00000480. The number of benzene rings is 1. The fourth-order valence-electron chi connectivity index (χ4n) is 3.08. The fraction of sp³-hybridized carbons (Fsp3) is 0.526. The van der Waals surface area contributed by atoms with Gasteiger partial charge in [-0.05, 0) is 24.8 Å². The number of guanidine groups is 1. The van der Waals surface area contributed by atoms with Gasteiger partial charge < -0.3 is 15.4 Å². The molecule has 7 nitrogen and oxygen atoms in total. The minimum Gasteiger partial charge on any atom is -0.489 e. The van der Waals surface area contributed by atoms with E-state index in [-0.39, 0.29) is 43.0 Å². The van der Waals surface area contributed by atoms with Crippen molar-refractivity contribution in [2.75, 3.05) is 33.3 Å². The summed E-state index contributed by atoms with van der Waals surface area (Å²) in [6.45, 7) is 4.68. The van der Waals surface area contributed by atoms with Gasteiger partial charge in [-0.15, -0.1) is 24.0 Å². The smallest absolute Gasteiger partial charge is 0.489 e. The average Bonchev–Trinajstić information content (AvgIpc) is 2.72. The van der Waals surface area contributed by atoms with Crippen molar-refractivity contribution in [3.05, 3.63) is 42.5 Å². The highest BCUT2D eigenvalue weighted by molar-refractivity contribution is 14.0. The van der Waals surface area contributed by atoms with Crippen LogP contribution in [0, 0.1) is 5.92 Å². The number of hydrogen-bond donors (Lipinski definition) is 2. The zero-order valence-corrected chi connectivity index (χ0v) is 20.3. The third kappa shape index (κ3) is 7.83. The zero-order valence-electron chi connectivity index (χ0n) is 17.2. The molecule has 0 unspecified atom stereocenters. The normalized spacial score (nSPS) is 16.3. The molecule has 1 aromatic rings. The zero-order chi connectivity index (χ0) is 22.2. The van der Waals surface area contributed by atoms with Gasteiger partial charge >= 0.3 is 15.5 Å². The first kappa shape index (κ1) is 27.5. The molecule has 0 spiro atoms. The predicted octanol–water partition coefficient (Wildman–Crippen LogP) is 3.10. The van der Waals surface area contributed by atoms with E-state index in [2.05, 4.69) is 22.2 Å². The van der Waals surface area contributed by atoms with E-state index in [1.165, 1.54) is 0 Å². The third-order valence-corrected chi connectivity index (χ3v) is 6.39. The van der Waals surface area contributed by atoms with E-state index in [4.69, 9.17) is 4.74 Å². The Morgan fingerprint density at radius 2 is 1.94 bits per heavy atom. The van der Waals surface area contributed by atoms with Gasteiger partial charge in [-0.3, -0.25) is 4.99 Å². The van der Waals surface area contributed by atoms with Crippen molar-refractivity contribution in [2.45, 2.75) is 24.9 Å². The molecule has 176 valence electrons. The summed E-state index contributed by atoms with van der Waals surface area (Å²) < 4.78 is 67.1. The molecule has 0 aromatic heterocycles. The van der Waals surface area contributed by atoms with Gasteiger partial charge in [-0.1, -0.05) is 30.9 Å². The van der Waals surface area contributed by atoms with E-state index < -0.39 is 15.5 Å². The lowest BCUT2D eigenvalue weighted by Gasteiger charge is -2.31. The number of piperidine rings is 1. The first-order valence-corrected chi connectivity index (χ1v) is 11.0. The van der Waals surface area contributed by atoms with Crippen molar-refractivity contribution in [2.24, 2.45) is 10.9 Å². The van der Waals surface area contributed by atoms with Gasteiger partial charge in [0.1, 0.15) is 12.4 Å². The molecule has 0 amide bonds. The van der Waals surface area contributed by atoms with Gasteiger partial charge in [-0.25, -0.2) is 8.42 Å². The average molecular weight is 576 g/mol. The van der Waals surface area contributed by atoms with E-state index in [0.29, 0.717) is 42.8 Å². The molecule has 0 radical (unpaired) electrons. The van der Waals surface area contributed by atoms with E-state index in [1.54, 1.807) is 13.1 Å². The molecule has 2 N–H and O–H groups in total. The molecule has 0 bridgehead atoms. The van der Waals surface area contributed by atoms with Crippen LogP contribution in [0.2, 0.25) is 0 Å². The SMILES string of the molecule is C=CCOc1ccccc1CNC(=NC)NCC1CCN(S(=O)(=O)C(F)(F)F)CC1.I. The van der Waals surface area contributed by atoms with Gasteiger partial charge in [0.2, 0.25) is 0 Å². The molecule has 1 saturated heterocycles. The van der Waals surface area contributed by atoms with E-state index >= 15 is 0 Å². The molecular weight excluding hydrogens is 548 g/mol. The Labute approximate surface area is 198 Å². The summed E-state index contributed by atoms with van der Waals surface area (Å²) in [6, 6.07) is 7.56. The number of rotatable bonds is 8. The molecule has 1 fully saturated rings. The van der Waals surface area contributed by atoms with Crippen LogP contribution in [0.15, 0.2) is 41.9 Å². The molecule has 1 aliphatic heterocycles. The Hall–Kier alpha value is -1.54. The first-order valence-electron chi connectivity index (χ1n) is 9.51. The Morgan fingerprint density at radius 1 is 1.29 bits per heavy atom. The topological polar surface area (TPSA) is 83.0 Å². The number of sulfonamides is 1. The summed E-state index contributed by atoms with van der Waals surface area (Å²) in [5, 5.41) is 6.32. The lowest BCUT2D eigenvalue weighted by atomic mass is 9.98. The van der Waals surface area contributed by atoms with Crippen molar-refractivity contribution < 1.29 is 26.3 Å². The van der Waals surface area contributed by atoms with Gasteiger partial charge in [0, 0.05) is 38.8 Å². The van der Waals surface area contributed by atoms with E-state index in [1.807, 2.05) is 24.3 Å². The number of alkyl halides is 3. The lowest BCUT2D eigenvalue weighted by Crippen LogP contribution is -2.47. The fourth-order valence-corrected chi connectivity index (χ4v) is 4.06.